The van der Waals surface area contributed by atoms with Crippen LogP contribution in [-0.4, -0.2) is 39.5 Å². The van der Waals surface area contributed by atoms with Crippen molar-refractivity contribution in [1.82, 2.24) is 10.0 Å². The van der Waals surface area contributed by atoms with Crippen LogP contribution in [0.2, 0.25) is 0 Å². The maximum Gasteiger partial charge on any atom is 0.321 e. The van der Waals surface area contributed by atoms with Gasteiger partial charge in [-0.2, -0.15) is 4.72 Å². The highest BCUT2D eigenvalue weighted by atomic mass is 32.2. The number of hydrogen-bond acceptors (Lipinski definition) is 5. The molecule has 1 aromatic carbocycles. The molecule has 2 N–H and O–H groups in total. The van der Waals surface area contributed by atoms with Crippen LogP contribution in [0.15, 0.2) is 29.2 Å². The number of ether oxygens (including phenoxy) is 1. The minimum atomic E-state index is -3.79. The van der Waals surface area contributed by atoms with E-state index in [4.69, 9.17) is 4.74 Å². The number of carbonyl (C=O) groups is 2. The van der Waals surface area contributed by atoms with Gasteiger partial charge < -0.3 is 10.1 Å². The summed E-state index contributed by atoms with van der Waals surface area (Å²) in [6.07, 6.45) is 4.25. The molecule has 1 saturated carbocycles. The SMILES string of the molecule is Cc1ccc(S(=O)(=O)NCC(=O)OCC(=O)N[C@H]2CCCC[C@@H]2C)cc1. The lowest BCUT2D eigenvalue weighted by molar-refractivity contribution is -0.147. The summed E-state index contributed by atoms with van der Waals surface area (Å²) >= 11 is 0. The van der Waals surface area contributed by atoms with Gasteiger partial charge in [0.2, 0.25) is 10.0 Å². The summed E-state index contributed by atoms with van der Waals surface area (Å²) in [5.41, 5.74) is 0.932. The fourth-order valence-corrected chi connectivity index (χ4v) is 3.90. The van der Waals surface area contributed by atoms with Crippen LogP contribution in [0.5, 0.6) is 0 Å². The first-order chi connectivity index (χ1) is 12.3. The molecule has 0 bridgehead atoms. The van der Waals surface area contributed by atoms with E-state index in [1.807, 2.05) is 6.92 Å². The van der Waals surface area contributed by atoms with Gasteiger partial charge in [0.25, 0.3) is 5.91 Å². The molecule has 1 fully saturated rings. The van der Waals surface area contributed by atoms with Gasteiger partial charge in [-0.1, -0.05) is 37.5 Å². The van der Waals surface area contributed by atoms with Crippen LogP contribution in [0.4, 0.5) is 0 Å². The van der Waals surface area contributed by atoms with Crippen LogP contribution in [0.25, 0.3) is 0 Å². The Balaban J connectivity index is 1.74. The Morgan fingerprint density at radius 2 is 1.81 bits per heavy atom. The smallest absolute Gasteiger partial charge is 0.321 e. The molecule has 0 aliphatic heterocycles. The number of carbonyl (C=O) groups excluding carboxylic acids is 2. The van der Waals surface area contributed by atoms with Gasteiger partial charge >= 0.3 is 5.97 Å². The number of nitrogens with one attached hydrogen (secondary N) is 2. The normalized spacial score (nSPS) is 20.4. The fraction of sp³-hybridized carbons (Fsp3) is 0.556. The fourth-order valence-electron chi connectivity index (χ4n) is 2.93. The zero-order chi connectivity index (χ0) is 19.2. The van der Waals surface area contributed by atoms with Gasteiger partial charge in [-0.15, -0.1) is 0 Å². The Hall–Kier alpha value is -1.93. The topological polar surface area (TPSA) is 102 Å². The van der Waals surface area contributed by atoms with Gasteiger partial charge in [0.05, 0.1) is 4.90 Å². The molecule has 0 spiro atoms. The summed E-state index contributed by atoms with van der Waals surface area (Å²) in [4.78, 5) is 23.7. The molecule has 0 heterocycles. The van der Waals surface area contributed by atoms with Crippen molar-refractivity contribution in [3.05, 3.63) is 29.8 Å². The zero-order valence-electron chi connectivity index (χ0n) is 15.2. The predicted octanol–water partition coefficient (Wildman–Crippen LogP) is 1.51. The van der Waals surface area contributed by atoms with Gasteiger partial charge in [0.1, 0.15) is 6.54 Å². The van der Waals surface area contributed by atoms with Crippen molar-refractivity contribution in [3.8, 4) is 0 Å². The van der Waals surface area contributed by atoms with Gasteiger partial charge in [0.15, 0.2) is 6.61 Å². The Labute approximate surface area is 154 Å². The molecule has 0 radical (unpaired) electrons. The van der Waals surface area contributed by atoms with E-state index in [0.29, 0.717) is 5.92 Å². The maximum absolute atomic E-state index is 12.1. The summed E-state index contributed by atoms with van der Waals surface area (Å²) in [5.74, 6) is -0.754. The minimum absolute atomic E-state index is 0.0694. The van der Waals surface area contributed by atoms with Crippen LogP contribution in [0.1, 0.15) is 38.2 Å². The van der Waals surface area contributed by atoms with Gasteiger partial charge in [-0.25, -0.2) is 8.42 Å². The van der Waals surface area contributed by atoms with Gasteiger partial charge in [-0.3, -0.25) is 9.59 Å². The standard InChI is InChI=1S/C18H26N2O5S/c1-13-7-9-15(10-8-13)26(23,24)19-11-18(22)25-12-17(21)20-16-6-4-3-5-14(16)2/h7-10,14,16,19H,3-6,11-12H2,1-2H3,(H,20,21)/t14-,16-/m0/s1. The third-order valence-electron chi connectivity index (χ3n) is 4.56. The van der Waals surface area contributed by atoms with Crippen LogP contribution in [0.3, 0.4) is 0 Å². The number of esters is 1. The molecule has 8 heteroatoms. The molecule has 144 valence electrons. The van der Waals surface area contributed by atoms with Crippen molar-refractivity contribution < 1.29 is 22.7 Å². The molecule has 1 aliphatic carbocycles. The van der Waals surface area contributed by atoms with Crippen molar-refractivity contribution in [2.24, 2.45) is 5.92 Å². The summed E-state index contributed by atoms with van der Waals surface area (Å²) < 4.78 is 31.2. The van der Waals surface area contributed by atoms with Crippen molar-refractivity contribution in [2.75, 3.05) is 13.2 Å². The summed E-state index contributed by atoms with van der Waals surface area (Å²) in [6.45, 7) is 3.01. The third-order valence-corrected chi connectivity index (χ3v) is 5.98. The highest BCUT2D eigenvalue weighted by Crippen LogP contribution is 2.23. The van der Waals surface area contributed by atoms with E-state index >= 15 is 0 Å². The average molecular weight is 382 g/mol. The minimum Gasteiger partial charge on any atom is -0.455 e. The Morgan fingerprint density at radius 1 is 1.15 bits per heavy atom. The maximum atomic E-state index is 12.1. The van der Waals surface area contributed by atoms with E-state index in [1.165, 1.54) is 18.6 Å². The second kappa shape index (κ2) is 9.14. The summed E-state index contributed by atoms with van der Waals surface area (Å²) in [6, 6.07) is 6.37. The first-order valence-electron chi connectivity index (χ1n) is 8.79. The molecule has 2 rings (SSSR count). The number of aryl methyl sites for hydroxylation is 1. The van der Waals surface area contributed by atoms with Crippen LogP contribution in [-0.2, 0) is 24.3 Å². The van der Waals surface area contributed by atoms with Crippen molar-refractivity contribution in [1.29, 1.82) is 0 Å². The predicted molar refractivity (Wildman–Crippen MR) is 96.9 cm³/mol. The van der Waals surface area contributed by atoms with Crippen LogP contribution >= 0.6 is 0 Å². The highest BCUT2D eigenvalue weighted by Gasteiger charge is 2.23. The quantitative estimate of drug-likeness (QED) is 0.696. The molecule has 7 nitrogen and oxygen atoms in total. The van der Waals surface area contributed by atoms with Crippen molar-refractivity contribution in [3.63, 3.8) is 0 Å². The number of rotatable bonds is 7. The average Bonchev–Trinajstić information content (AvgIpc) is 2.60. The molecule has 1 amide bonds. The number of benzene rings is 1. The van der Waals surface area contributed by atoms with E-state index in [1.54, 1.807) is 12.1 Å². The third kappa shape index (κ3) is 6.10. The monoisotopic (exact) mass is 382 g/mol. The summed E-state index contributed by atoms with van der Waals surface area (Å²) in [5, 5.41) is 2.87. The highest BCUT2D eigenvalue weighted by molar-refractivity contribution is 7.89. The zero-order valence-corrected chi connectivity index (χ0v) is 16.0. The lowest BCUT2D eigenvalue weighted by Crippen LogP contribution is -2.43. The van der Waals surface area contributed by atoms with E-state index in [9.17, 15) is 18.0 Å². The molecular formula is C18H26N2O5S. The van der Waals surface area contributed by atoms with Crippen LogP contribution < -0.4 is 10.0 Å². The van der Waals surface area contributed by atoms with Gasteiger partial charge in [0, 0.05) is 6.04 Å². The lowest BCUT2D eigenvalue weighted by atomic mass is 9.86. The Bertz CT molecular complexity index is 730. The lowest BCUT2D eigenvalue weighted by Gasteiger charge is -2.29. The second-order valence-electron chi connectivity index (χ2n) is 6.73. The van der Waals surface area contributed by atoms with Gasteiger partial charge in [-0.05, 0) is 37.8 Å². The van der Waals surface area contributed by atoms with E-state index < -0.39 is 29.1 Å². The number of hydrogen-bond donors (Lipinski definition) is 2. The molecule has 1 aliphatic rings. The van der Waals surface area contributed by atoms with Crippen LogP contribution in [0, 0.1) is 12.8 Å². The molecule has 2 atom stereocenters. The molecule has 0 saturated heterocycles. The van der Waals surface area contributed by atoms with E-state index in [2.05, 4.69) is 17.0 Å². The number of amides is 1. The molecule has 1 aromatic rings. The van der Waals surface area contributed by atoms with E-state index in [0.717, 1.165) is 24.8 Å². The second-order valence-corrected chi connectivity index (χ2v) is 8.50. The Kier molecular flexibility index (Phi) is 7.16. The molecule has 0 aromatic heterocycles. The molecular weight excluding hydrogens is 356 g/mol. The molecule has 0 unspecified atom stereocenters. The van der Waals surface area contributed by atoms with E-state index in [-0.39, 0.29) is 16.8 Å². The number of sulfonamides is 1. The first-order valence-corrected chi connectivity index (χ1v) is 10.3. The largest absolute Gasteiger partial charge is 0.455 e. The Morgan fingerprint density at radius 3 is 2.46 bits per heavy atom. The summed E-state index contributed by atoms with van der Waals surface area (Å²) in [7, 11) is -3.79. The molecule has 26 heavy (non-hydrogen) atoms. The first kappa shape index (κ1) is 20.4. The van der Waals surface area contributed by atoms with Crippen molar-refractivity contribution >= 4 is 21.9 Å². The van der Waals surface area contributed by atoms with Crippen molar-refractivity contribution in [2.45, 2.75) is 50.5 Å².